The minimum absolute atomic E-state index is 0.356. The van der Waals surface area contributed by atoms with E-state index >= 15 is 0 Å². The molecular formula is C8H15ClNO2+. The molecule has 0 spiro atoms. The first-order chi connectivity index (χ1) is 5.25. The second-order valence-corrected chi connectivity index (χ2v) is 3.97. The lowest BCUT2D eigenvalue weighted by molar-refractivity contribution is -0.901. The fourth-order valence-electron chi connectivity index (χ4n) is 0.347. The Balaban J connectivity index is 4.11. The van der Waals surface area contributed by atoms with Crippen LogP contribution in [0.1, 0.15) is 6.92 Å². The molecule has 0 aliphatic carbocycles. The lowest BCUT2D eigenvalue weighted by Crippen LogP contribution is -2.44. The number of quaternary nitrogens is 1. The van der Waals surface area contributed by atoms with Crippen LogP contribution in [0.2, 0.25) is 0 Å². The van der Waals surface area contributed by atoms with Crippen LogP contribution in [0.4, 0.5) is 0 Å². The quantitative estimate of drug-likeness (QED) is 0.169. The van der Waals surface area contributed by atoms with E-state index in [2.05, 4.69) is 6.58 Å². The van der Waals surface area contributed by atoms with Crippen LogP contribution >= 0.6 is 11.6 Å². The molecule has 0 heterocycles. The summed E-state index contributed by atoms with van der Waals surface area (Å²) in [6.45, 7) is 5.03. The number of hydrogen-bond acceptors (Lipinski definition) is 2. The number of esters is 1. The maximum atomic E-state index is 11.0. The molecule has 1 atom stereocenters. The van der Waals surface area contributed by atoms with E-state index in [0.717, 1.165) is 0 Å². The van der Waals surface area contributed by atoms with Crippen LogP contribution in [0.5, 0.6) is 0 Å². The Bertz CT molecular complexity index is 196. The van der Waals surface area contributed by atoms with Gasteiger partial charge in [0.1, 0.15) is 0 Å². The monoisotopic (exact) mass is 192 g/mol. The highest BCUT2D eigenvalue weighted by atomic mass is 35.5. The van der Waals surface area contributed by atoms with Crippen molar-refractivity contribution >= 4 is 17.6 Å². The van der Waals surface area contributed by atoms with Gasteiger partial charge in [0.25, 0.3) is 0 Å². The number of halogens is 1. The predicted octanol–water partition coefficient (Wildman–Crippen LogP) is 1.33. The van der Waals surface area contributed by atoms with E-state index in [-0.39, 0.29) is 0 Å². The average Bonchev–Trinajstić information content (AvgIpc) is 1.85. The van der Waals surface area contributed by atoms with E-state index in [1.165, 1.54) is 0 Å². The van der Waals surface area contributed by atoms with Gasteiger partial charge in [0, 0.05) is 5.57 Å². The molecule has 0 aliphatic heterocycles. The molecule has 0 fully saturated rings. The van der Waals surface area contributed by atoms with Crippen LogP contribution in [0, 0.1) is 0 Å². The zero-order valence-electron chi connectivity index (χ0n) is 7.93. The predicted molar refractivity (Wildman–Crippen MR) is 48.6 cm³/mol. The molecule has 0 N–H and O–H groups in total. The number of nitrogens with zero attached hydrogens (tertiary/aromatic N) is 1. The van der Waals surface area contributed by atoms with E-state index in [1.54, 1.807) is 6.92 Å². The Hall–Kier alpha value is -0.540. The molecule has 0 amide bonds. The summed E-state index contributed by atoms with van der Waals surface area (Å²) < 4.78 is 5.24. The Morgan fingerprint density at radius 3 is 2.17 bits per heavy atom. The Labute approximate surface area is 78.2 Å². The molecule has 0 saturated carbocycles. The van der Waals surface area contributed by atoms with Gasteiger partial charge in [0.2, 0.25) is 0 Å². The van der Waals surface area contributed by atoms with E-state index in [1.807, 2.05) is 21.1 Å². The van der Waals surface area contributed by atoms with Crippen molar-refractivity contribution in [3.05, 3.63) is 12.2 Å². The van der Waals surface area contributed by atoms with Crippen molar-refractivity contribution in [2.24, 2.45) is 0 Å². The first-order valence-electron chi connectivity index (χ1n) is 3.57. The van der Waals surface area contributed by atoms with Gasteiger partial charge in [-0.15, -0.1) is 0 Å². The second-order valence-electron chi connectivity index (χ2n) is 3.59. The maximum absolute atomic E-state index is 11.0. The van der Waals surface area contributed by atoms with E-state index in [4.69, 9.17) is 16.3 Å². The van der Waals surface area contributed by atoms with Gasteiger partial charge in [-0.2, -0.15) is 0 Å². The molecule has 0 aliphatic rings. The third-order valence-corrected chi connectivity index (χ3v) is 1.84. The minimum Gasteiger partial charge on any atom is -0.394 e. The number of alkyl halides is 1. The highest BCUT2D eigenvalue weighted by Gasteiger charge is 2.24. The lowest BCUT2D eigenvalue weighted by atomic mass is 10.4. The van der Waals surface area contributed by atoms with Crippen LogP contribution in [-0.4, -0.2) is 37.3 Å². The van der Waals surface area contributed by atoms with Crippen molar-refractivity contribution in [2.75, 3.05) is 21.1 Å². The molecule has 4 heteroatoms. The van der Waals surface area contributed by atoms with Crippen LogP contribution < -0.4 is 0 Å². The van der Waals surface area contributed by atoms with Gasteiger partial charge in [0.15, 0.2) is 0 Å². The number of carbonyl (C=O) groups excluding carboxylic acids is 1. The normalized spacial score (nSPS) is 13.8. The molecule has 12 heavy (non-hydrogen) atoms. The molecule has 70 valence electrons. The number of rotatable bonds is 3. The largest absolute Gasteiger partial charge is 0.394 e. The third kappa shape index (κ3) is 3.74. The van der Waals surface area contributed by atoms with Crippen LogP contribution in [0.3, 0.4) is 0 Å². The molecule has 0 radical (unpaired) electrons. The molecule has 0 bridgehead atoms. The molecule has 1 unspecified atom stereocenters. The van der Waals surface area contributed by atoms with E-state index < -0.39 is 11.7 Å². The van der Waals surface area contributed by atoms with Crippen LogP contribution in [-0.2, 0) is 9.53 Å². The Kier molecular flexibility index (Phi) is 3.74. The molecule has 0 aromatic heterocycles. The van der Waals surface area contributed by atoms with Crippen molar-refractivity contribution in [1.82, 2.24) is 0 Å². The molecule has 0 rings (SSSR count). The zero-order chi connectivity index (χ0) is 9.94. The average molecular weight is 193 g/mol. The fourth-order valence-corrected chi connectivity index (χ4v) is 0.428. The minimum atomic E-state index is -0.672. The van der Waals surface area contributed by atoms with Crippen LogP contribution in [0.25, 0.3) is 0 Å². The summed E-state index contributed by atoms with van der Waals surface area (Å²) in [5.41, 5.74) is -0.316. The second kappa shape index (κ2) is 3.92. The summed E-state index contributed by atoms with van der Waals surface area (Å²) in [5.74, 6) is -0.456. The van der Waals surface area contributed by atoms with Crippen molar-refractivity contribution in [2.45, 2.75) is 12.6 Å². The highest BCUT2D eigenvalue weighted by molar-refractivity contribution is 6.19. The molecule has 3 nitrogen and oxygen atoms in total. The van der Waals surface area contributed by atoms with Crippen molar-refractivity contribution in [3.63, 3.8) is 0 Å². The van der Waals surface area contributed by atoms with Crippen molar-refractivity contribution in [3.8, 4) is 0 Å². The van der Waals surface area contributed by atoms with Gasteiger partial charge in [-0.1, -0.05) is 6.58 Å². The molecular weight excluding hydrogens is 178 g/mol. The van der Waals surface area contributed by atoms with Gasteiger partial charge in [-0.25, -0.2) is 4.79 Å². The standard InChI is InChI=1S/C8H15ClNO2/c1-6(2)7(11)12-8(9)10(3,4)5/h8H,1H2,2-5H3/q+1. The van der Waals surface area contributed by atoms with Crippen molar-refractivity contribution in [1.29, 1.82) is 0 Å². The summed E-state index contributed by atoms with van der Waals surface area (Å²) in [5, 5.41) is 0. The van der Waals surface area contributed by atoms with Gasteiger partial charge >= 0.3 is 11.7 Å². The Morgan fingerprint density at radius 2 is 1.92 bits per heavy atom. The summed E-state index contributed by atoms with van der Waals surface area (Å²) in [6, 6.07) is 0. The third-order valence-electron chi connectivity index (χ3n) is 1.16. The van der Waals surface area contributed by atoms with Crippen LogP contribution in [0.15, 0.2) is 12.2 Å². The maximum Gasteiger partial charge on any atom is 0.338 e. The number of carbonyl (C=O) groups is 1. The van der Waals surface area contributed by atoms with Gasteiger partial charge in [-0.3, -0.25) is 4.48 Å². The molecule has 0 aromatic rings. The first kappa shape index (κ1) is 11.5. The van der Waals surface area contributed by atoms with Crippen molar-refractivity contribution < 1.29 is 14.0 Å². The Morgan fingerprint density at radius 1 is 1.50 bits per heavy atom. The number of ether oxygens (including phenoxy) is 1. The first-order valence-corrected chi connectivity index (χ1v) is 4.00. The number of hydrogen-bond donors (Lipinski definition) is 0. The highest BCUT2D eigenvalue weighted by Crippen LogP contribution is 2.11. The fraction of sp³-hybridized carbons (Fsp3) is 0.625. The smallest absolute Gasteiger partial charge is 0.338 e. The zero-order valence-corrected chi connectivity index (χ0v) is 8.68. The lowest BCUT2D eigenvalue weighted by Gasteiger charge is -2.28. The molecule has 0 saturated heterocycles. The summed E-state index contributed by atoms with van der Waals surface area (Å²) in [6.07, 6.45) is 0. The van der Waals surface area contributed by atoms with E-state index in [9.17, 15) is 4.79 Å². The van der Waals surface area contributed by atoms with Gasteiger partial charge < -0.3 is 4.74 Å². The SMILES string of the molecule is C=C(C)C(=O)OC(Cl)[N+](C)(C)C. The summed E-state index contributed by atoms with van der Waals surface area (Å²) >= 11 is 5.78. The van der Waals surface area contributed by atoms with E-state index in [0.29, 0.717) is 10.1 Å². The van der Waals surface area contributed by atoms with Gasteiger partial charge in [0.05, 0.1) is 21.1 Å². The summed E-state index contributed by atoms with van der Waals surface area (Å²) in [7, 11) is 5.51. The molecule has 0 aromatic carbocycles. The van der Waals surface area contributed by atoms with Gasteiger partial charge in [-0.05, 0) is 18.5 Å². The summed E-state index contributed by atoms with van der Waals surface area (Å²) in [4.78, 5) is 11.0. The topological polar surface area (TPSA) is 26.3 Å².